The predicted octanol–water partition coefficient (Wildman–Crippen LogP) is 10.4. The Morgan fingerprint density at radius 1 is 0.667 bits per heavy atom. The van der Waals surface area contributed by atoms with Crippen LogP contribution < -0.4 is 14.2 Å². The number of allylic oxidation sites excluding steroid dienone is 1. The second kappa shape index (κ2) is 19.1. The smallest absolute Gasteiger partial charge is 0.497 e. The fourth-order valence-electron chi connectivity index (χ4n) is 3.54. The molecular formula is C32H33BF4O5S3. The van der Waals surface area contributed by atoms with Crippen LogP contribution >= 0.6 is 35.3 Å². The number of halogens is 4. The van der Waals surface area contributed by atoms with E-state index >= 15 is 0 Å². The minimum absolute atomic E-state index is 0.0290. The van der Waals surface area contributed by atoms with Crippen LogP contribution in [0, 0.1) is 0 Å². The molecular weight excluding hydrogens is 647 g/mol. The first-order chi connectivity index (χ1) is 21.4. The third kappa shape index (κ3) is 13.5. The molecule has 0 radical (unpaired) electrons. The zero-order valence-corrected chi connectivity index (χ0v) is 28.0. The average molecular weight is 681 g/mol. The van der Waals surface area contributed by atoms with Crippen LogP contribution in [0.4, 0.5) is 17.3 Å². The number of rotatable bonds is 10. The number of benzene rings is 3. The van der Waals surface area contributed by atoms with Crippen molar-refractivity contribution in [1.82, 2.24) is 0 Å². The van der Waals surface area contributed by atoms with E-state index in [4.69, 9.17) is 18.6 Å². The van der Waals surface area contributed by atoms with Gasteiger partial charge in [0.15, 0.2) is 5.78 Å². The first-order valence-corrected chi connectivity index (χ1v) is 16.8. The van der Waals surface area contributed by atoms with Crippen molar-refractivity contribution in [2.75, 3.05) is 40.1 Å². The molecule has 0 saturated heterocycles. The first kappa shape index (κ1) is 37.6. The Kier molecular flexibility index (Phi) is 16.0. The van der Waals surface area contributed by atoms with E-state index in [0.29, 0.717) is 5.56 Å². The standard InChI is InChI=1S/C20H19O3S.C12H14O2S2.BF4/c1-21-16-8-4-14(5-9-16)19-12-18(24-3)13-20(23-19)15-6-10-17(22-2)11-7-15;1-14-10-6-4-9(5-7-10)11(13)8-12(15-2)16-3;2-1(3,4)5/h4-13H,1-3H3;4-8H,1-3H3;/q+1;;-1. The van der Waals surface area contributed by atoms with E-state index in [1.165, 1.54) is 0 Å². The Morgan fingerprint density at radius 3 is 1.33 bits per heavy atom. The zero-order chi connectivity index (χ0) is 33.4. The van der Waals surface area contributed by atoms with Gasteiger partial charge in [0.2, 0.25) is 0 Å². The summed E-state index contributed by atoms with van der Waals surface area (Å²) in [5.74, 6) is 4.10. The fraction of sp³-hybridized carbons (Fsp3) is 0.188. The molecule has 0 spiro atoms. The molecule has 0 N–H and O–H groups in total. The van der Waals surface area contributed by atoms with Crippen molar-refractivity contribution in [3.05, 3.63) is 101 Å². The lowest BCUT2D eigenvalue weighted by atomic mass is 10.1. The van der Waals surface area contributed by atoms with Gasteiger partial charge in [0.1, 0.15) is 17.2 Å². The van der Waals surface area contributed by atoms with E-state index in [2.05, 4.69) is 18.4 Å². The van der Waals surface area contributed by atoms with Crippen molar-refractivity contribution in [3.8, 4) is 39.9 Å². The van der Waals surface area contributed by atoms with Gasteiger partial charge in [-0.3, -0.25) is 4.79 Å². The molecule has 0 aliphatic carbocycles. The summed E-state index contributed by atoms with van der Waals surface area (Å²) in [5, 5.41) is 0. The number of hydrogen-bond donors (Lipinski definition) is 0. The lowest BCUT2D eigenvalue weighted by Gasteiger charge is -2.01. The maximum Gasteiger partial charge on any atom is 0.673 e. The molecule has 0 aliphatic rings. The van der Waals surface area contributed by atoms with E-state index in [-0.39, 0.29) is 5.78 Å². The highest BCUT2D eigenvalue weighted by Gasteiger charge is 2.21. The van der Waals surface area contributed by atoms with Crippen molar-refractivity contribution in [3.63, 3.8) is 0 Å². The van der Waals surface area contributed by atoms with Gasteiger partial charge in [-0.15, -0.1) is 35.3 Å². The van der Waals surface area contributed by atoms with E-state index < -0.39 is 7.25 Å². The summed E-state index contributed by atoms with van der Waals surface area (Å²) >= 11 is 4.85. The van der Waals surface area contributed by atoms with Gasteiger partial charge >= 0.3 is 18.8 Å². The van der Waals surface area contributed by atoms with E-state index in [1.807, 2.05) is 61.0 Å². The Labute approximate surface area is 273 Å². The second-order valence-corrected chi connectivity index (χ2v) is 11.5. The summed E-state index contributed by atoms with van der Waals surface area (Å²) in [6, 6.07) is 27.0. The largest absolute Gasteiger partial charge is 0.673 e. The van der Waals surface area contributed by atoms with Crippen LogP contribution in [0.15, 0.2) is 105 Å². The van der Waals surface area contributed by atoms with Crippen LogP contribution in [0.3, 0.4) is 0 Å². The van der Waals surface area contributed by atoms with Crippen molar-refractivity contribution in [1.29, 1.82) is 0 Å². The summed E-state index contributed by atoms with van der Waals surface area (Å²) in [6.07, 6.45) is 7.65. The molecule has 1 heterocycles. The lowest BCUT2D eigenvalue weighted by Crippen LogP contribution is -2.02. The van der Waals surface area contributed by atoms with Crippen LogP contribution in [-0.4, -0.2) is 53.1 Å². The molecule has 0 saturated carbocycles. The molecule has 4 aromatic rings. The van der Waals surface area contributed by atoms with Gasteiger partial charge in [0, 0.05) is 20.8 Å². The maximum atomic E-state index is 11.8. The van der Waals surface area contributed by atoms with Gasteiger partial charge in [-0.05, 0) is 91.6 Å². The van der Waals surface area contributed by atoms with Crippen LogP contribution in [0.5, 0.6) is 17.2 Å². The second-order valence-electron chi connectivity index (χ2n) is 8.64. The summed E-state index contributed by atoms with van der Waals surface area (Å²) in [4.78, 5) is 13.0. The number of ether oxygens (including phenoxy) is 3. The molecule has 0 unspecified atom stereocenters. The Hall–Kier alpha value is -3.55. The molecule has 0 fully saturated rings. The molecule has 0 bridgehead atoms. The van der Waals surface area contributed by atoms with Crippen molar-refractivity contribution < 1.29 is 40.7 Å². The molecule has 3 aromatic carbocycles. The van der Waals surface area contributed by atoms with Crippen LogP contribution in [-0.2, 0) is 0 Å². The molecule has 0 aliphatic heterocycles. The molecule has 1 aromatic heterocycles. The maximum absolute atomic E-state index is 11.8. The monoisotopic (exact) mass is 680 g/mol. The van der Waals surface area contributed by atoms with Crippen molar-refractivity contribution >= 4 is 48.3 Å². The van der Waals surface area contributed by atoms with Crippen LogP contribution in [0.25, 0.3) is 22.6 Å². The number of carbonyl (C=O) groups is 1. The van der Waals surface area contributed by atoms with Crippen molar-refractivity contribution in [2.24, 2.45) is 0 Å². The van der Waals surface area contributed by atoms with Crippen LogP contribution in [0.1, 0.15) is 10.4 Å². The number of hydrogen-bond acceptors (Lipinski definition) is 7. The van der Waals surface area contributed by atoms with Gasteiger partial charge in [-0.25, -0.2) is 4.42 Å². The quantitative estimate of drug-likeness (QED) is 0.0410. The third-order valence-electron chi connectivity index (χ3n) is 5.78. The Morgan fingerprint density at radius 2 is 1.02 bits per heavy atom. The number of carbonyl (C=O) groups excluding carboxylic acids is 1. The highest BCUT2D eigenvalue weighted by Crippen LogP contribution is 2.33. The van der Waals surface area contributed by atoms with E-state index in [0.717, 1.165) is 49.0 Å². The highest BCUT2D eigenvalue weighted by atomic mass is 32.2. The molecule has 13 heteroatoms. The number of ketones is 1. The minimum Gasteiger partial charge on any atom is -0.497 e. The molecule has 0 amide bonds. The number of thioether (sulfide) groups is 3. The van der Waals surface area contributed by atoms with Gasteiger partial charge in [0.25, 0.3) is 0 Å². The van der Waals surface area contributed by atoms with E-state index in [9.17, 15) is 22.1 Å². The van der Waals surface area contributed by atoms with Gasteiger partial charge in [-0.2, -0.15) is 0 Å². The predicted molar refractivity (Wildman–Crippen MR) is 181 cm³/mol. The molecule has 240 valence electrons. The molecule has 45 heavy (non-hydrogen) atoms. The lowest BCUT2D eigenvalue weighted by molar-refractivity contribution is 0.104. The average Bonchev–Trinajstić information content (AvgIpc) is 3.06. The van der Waals surface area contributed by atoms with Crippen molar-refractivity contribution in [2.45, 2.75) is 4.90 Å². The molecule has 4 rings (SSSR count). The highest BCUT2D eigenvalue weighted by molar-refractivity contribution is 8.21. The van der Waals surface area contributed by atoms with Gasteiger partial charge in [-0.1, -0.05) is 0 Å². The summed E-state index contributed by atoms with van der Waals surface area (Å²) in [5.41, 5.74) is 2.71. The first-order valence-electron chi connectivity index (χ1n) is 13.1. The third-order valence-corrected chi connectivity index (χ3v) is 8.52. The summed E-state index contributed by atoms with van der Waals surface area (Å²) in [7, 11) is -1.07. The van der Waals surface area contributed by atoms with E-state index in [1.54, 1.807) is 87.0 Å². The summed E-state index contributed by atoms with van der Waals surface area (Å²) in [6.45, 7) is 0. The molecule has 0 atom stereocenters. The molecule has 5 nitrogen and oxygen atoms in total. The van der Waals surface area contributed by atoms with Gasteiger partial charge < -0.3 is 31.5 Å². The van der Waals surface area contributed by atoms with Gasteiger partial charge in [0.05, 0.1) is 44.6 Å². The normalized spacial score (nSPS) is 10.4. The topological polar surface area (TPSA) is 56.1 Å². The number of methoxy groups -OCH3 is 3. The zero-order valence-electron chi connectivity index (χ0n) is 25.5. The fourth-order valence-corrected chi connectivity index (χ4v) is 5.10. The minimum atomic E-state index is -6.00. The SMILES string of the molecule is COc1ccc(-c2cc(SC)cc(-c3ccc(OC)cc3)[o+]2)cc1.COc1ccc(C(=O)C=C(SC)SC)cc1.F[B-](F)(F)F. The van der Waals surface area contributed by atoms with Crippen LogP contribution in [0.2, 0.25) is 0 Å². The Bertz CT molecular complexity index is 1440. The summed E-state index contributed by atoms with van der Waals surface area (Å²) < 4.78 is 61.6. The Balaban J connectivity index is 0.000000290.